The van der Waals surface area contributed by atoms with Crippen LogP contribution in [0.4, 0.5) is 0 Å². The van der Waals surface area contributed by atoms with Crippen LogP contribution >= 0.6 is 0 Å². The van der Waals surface area contributed by atoms with Crippen LogP contribution in [0.2, 0.25) is 0 Å². The van der Waals surface area contributed by atoms with Crippen molar-refractivity contribution >= 4 is 10.2 Å². The van der Waals surface area contributed by atoms with Gasteiger partial charge in [-0.05, 0) is 38.6 Å². The smallest absolute Gasteiger partial charge is 0.279 e. The van der Waals surface area contributed by atoms with Gasteiger partial charge in [-0.2, -0.15) is 12.7 Å². The normalized spacial score (nSPS) is 25.6. The maximum Gasteiger partial charge on any atom is 0.279 e. The Bertz CT molecular complexity index is 335. The molecule has 1 saturated heterocycles. The largest absolute Gasteiger partial charge is 0.313 e. The van der Waals surface area contributed by atoms with Gasteiger partial charge < -0.3 is 5.32 Å². The number of hydrogen-bond acceptors (Lipinski definition) is 3. The highest BCUT2D eigenvalue weighted by Gasteiger charge is 2.38. The van der Waals surface area contributed by atoms with Crippen LogP contribution in [-0.4, -0.2) is 44.4 Å². The zero-order valence-corrected chi connectivity index (χ0v) is 11.3. The zero-order chi connectivity index (χ0) is 12.3. The summed E-state index contributed by atoms with van der Waals surface area (Å²) in [6, 6.07) is 0.584. The summed E-state index contributed by atoms with van der Waals surface area (Å²) in [5, 5.41) is 3.36. The van der Waals surface area contributed by atoms with E-state index in [0.29, 0.717) is 19.1 Å². The van der Waals surface area contributed by atoms with Gasteiger partial charge in [-0.3, -0.25) is 0 Å². The molecule has 0 amide bonds. The molecule has 0 bridgehead atoms. The average Bonchev–Trinajstić information content (AvgIpc) is 3.00. The number of nitrogens with one attached hydrogen (secondary N) is 2. The summed E-state index contributed by atoms with van der Waals surface area (Å²) in [4.78, 5) is 0. The molecule has 1 aliphatic heterocycles. The van der Waals surface area contributed by atoms with Gasteiger partial charge in [-0.15, -0.1) is 0 Å². The molecule has 1 atom stereocenters. The van der Waals surface area contributed by atoms with Crippen LogP contribution in [0, 0.1) is 0 Å². The van der Waals surface area contributed by atoms with E-state index in [4.69, 9.17) is 0 Å². The summed E-state index contributed by atoms with van der Waals surface area (Å²) in [6.45, 7) is 4.15. The molecule has 17 heavy (non-hydrogen) atoms. The van der Waals surface area contributed by atoms with Crippen molar-refractivity contribution < 1.29 is 8.42 Å². The van der Waals surface area contributed by atoms with Gasteiger partial charge in [-0.25, -0.2) is 4.72 Å². The lowest BCUT2D eigenvalue weighted by atomic mass is 10.2. The summed E-state index contributed by atoms with van der Waals surface area (Å²) in [5.74, 6) is 0. The molecule has 6 heteroatoms. The lowest BCUT2D eigenvalue weighted by Gasteiger charge is -2.25. The Kier molecular flexibility index (Phi) is 4.41. The molecular formula is C11H23N3O2S. The van der Waals surface area contributed by atoms with E-state index in [1.54, 1.807) is 4.31 Å². The molecule has 0 aromatic rings. The molecule has 2 aliphatic rings. The van der Waals surface area contributed by atoms with E-state index in [1.165, 1.54) is 0 Å². The van der Waals surface area contributed by atoms with Gasteiger partial charge in [0.1, 0.15) is 0 Å². The Hall–Kier alpha value is -0.170. The molecular weight excluding hydrogens is 238 g/mol. The Morgan fingerprint density at radius 1 is 1.35 bits per heavy atom. The molecule has 1 saturated carbocycles. The first-order valence-corrected chi connectivity index (χ1v) is 8.07. The second-order valence-electron chi connectivity index (χ2n) is 4.99. The standard InChI is InChI=1S/C11H23N3O2S/c1-2-7-13-17(15,16)14(11-5-6-11)9-10-4-3-8-12-10/h10-13H,2-9H2,1H3. The first kappa shape index (κ1) is 13.3. The lowest BCUT2D eigenvalue weighted by molar-refractivity contribution is 0.357. The van der Waals surface area contributed by atoms with Crippen molar-refractivity contribution in [3.63, 3.8) is 0 Å². The zero-order valence-electron chi connectivity index (χ0n) is 10.5. The molecule has 1 aliphatic carbocycles. The Labute approximate surface area is 104 Å². The van der Waals surface area contributed by atoms with Gasteiger partial charge in [0.05, 0.1) is 0 Å². The first-order chi connectivity index (χ1) is 8.13. The molecule has 2 rings (SSSR count). The highest BCUT2D eigenvalue weighted by Crippen LogP contribution is 2.29. The second-order valence-corrected chi connectivity index (χ2v) is 6.70. The van der Waals surface area contributed by atoms with E-state index in [9.17, 15) is 8.42 Å². The minimum Gasteiger partial charge on any atom is -0.313 e. The van der Waals surface area contributed by atoms with Crippen molar-refractivity contribution in [1.29, 1.82) is 0 Å². The Morgan fingerprint density at radius 2 is 2.12 bits per heavy atom. The van der Waals surface area contributed by atoms with Crippen LogP contribution in [0.5, 0.6) is 0 Å². The lowest BCUT2D eigenvalue weighted by Crippen LogP contribution is -2.47. The van der Waals surface area contributed by atoms with Crippen LogP contribution in [0.25, 0.3) is 0 Å². The van der Waals surface area contributed by atoms with Gasteiger partial charge in [0.25, 0.3) is 10.2 Å². The fraction of sp³-hybridized carbons (Fsp3) is 1.00. The topological polar surface area (TPSA) is 61.4 Å². The van der Waals surface area contributed by atoms with Crippen LogP contribution < -0.4 is 10.0 Å². The predicted octanol–water partition coefficient (Wildman–Crippen LogP) is 0.447. The third-order valence-electron chi connectivity index (χ3n) is 3.36. The van der Waals surface area contributed by atoms with E-state index in [2.05, 4.69) is 10.0 Å². The monoisotopic (exact) mass is 261 g/mol. The minimum atomic E-state index is -3.27. The van der Waals surface area contributed by atoms with E-state index in [-0.39, 0.29) is 6.04 Å². The van der Waals surface area contributed by atoms with Gasteiger partial charge in [-0.1, -0.05) is 6.92 Å². The Morgan fingerprint density at radius 3 is 2.65 bits per heavy atom. The third-order valence-corrected chi connectivity index (χ3v) is 4.99. The molecule has 0 spiro atoms. The molecule has 2 fully saturated rings. The van der Waals surface area contributed by atoms with E-state index < -0.39 is 10.2 Å². The highest BCUT2D eigenvalue weighted by molar-refractivity contribution is 7.87. The van der Waals surface area contributed by atoms with Crippen LogP contribution in [-0.2, 0) is 10.2 Å². The van der Waals surface area contributed by atoms with Crippen LogP contribution in [0.3, 0.4) is 0 Å². The highest BCUT2D eigenvalue weighted by atomic mass is 32.2. The molecule has 100 valence electrons. The second kappa shape index (κ2) is 5.65. The summed E-state index contributed by atoms with van der Waals surface area (Å²) in [5.41, 5.74) is 0. The third kappa shape index (κ3) is 3.64. The SMILES string of the molecule is CCCNS(=O)(=O)N(CC1CCCN1)C1CC1. The van der Waals surface area contributed by atoms with E-state index in [0.717, 1.165) is 38.6 Å². The van der Waals surface area contributed by atoms with Crippen molar-refractivity contribution in [2.24, 2.45) is 0 Å². The van der Waals surface area contributed by atoms with Crippen molar-refractivity contribution in [2.45, 2.75) is 51.1 Å². The predicted molar refractivity (Wildman–Crippen MR) is 68.0 cm³/mol. The van der Waals surface area contributed by atoms with Crippen LogP contribution in [0.1, 0.15) is 39.0 Å². The molecule has 5 nitrogen and oxygen atoms in total. The van der Waals surface area contributed by atoms with Gasteiger partial charge in [0.2, 0.25) is 0 Å². The minimum absolute atomic E-state index is 0.242. The molecule has 2 N–H and O–H groups in total. The maximum absolute atomic E-state index is 12.1. The summed E-state index contributed by atoms with van der Waals surface area (Å²) in [7, 11) is -3.27. The van der Waals surface area contributed by atoms with Gasteiger partial charge in [0, 0.05) is 25.2 Å². The van der Waals surface area contributed by atoms with Gasteiger partial charge in [0.15, 0.2) is 0 Å². The van der Waals surface area contributed by atoms with E-state index in [1.807, 2.05) is 6.92 Å². The Balaban J connectivity index is 1.95. The summed E-state index contributed by atoms with van der Waals surface area (Å²) < 4.78 is 28.6. The van der Waals surface area contributed by atoms with E-state index >= 15 is 0 Å². The molecule has 0 aromatic heterocycles. The fourth-order valence-electron chi connectivity index (χ4n) is 2.25. The summed E-state index contributed by atoms with van der Waals surface area (Å²) in [6.07, 6.45) is 5.11. The maximum atomic E-state index is 12.1. The molecule has 1 unspecified atom stereocenters. The average molecular weight is 261 g/mol. The molecule has 0 radical (unpaired) electrons. The van der Waals surface area contributed by atoms with Crippen molar-refractivity contribution in [2.75, 3.05) is 19.6 Å². The molecule has 0 aromatic carbocycles. The van der Waals surface area contributed by atoms with Crippen molar-refractivity contribution in [3.8, 4) is 0 Å². The van der Waals surface area contributed by atoms with Gasteiger partial charge >= 0.3 is 0 Å². The first-order valence-electron chi connectivity index (χ1n) is 6.63. The summed E-state index contributed by atoms with van der Waals surface area (Å²) >= 11 is 0. The molecule has 1 heterocycles. The van der Waals surface area contributed by atoms with Crippen LogP contribution in [0.15, 0.2) is 0 Å². The number of rotatable bonds is 7. The number of hydrogen-bond donors (Lipinski definition) is 2. The number of nitrogens with zero attached hydrogens (tertiary/aromatic N) is 1. The quantitative estimate of drug-likeness (QED) is 0.699. The van der Waals surface area contributed by atoms with Crippen molar-refractivity contribution in [3.05, 3.63) is 0 Å². The fourth-order valence-corrected chi connectivity index (χ4v) is 3.86. The van der Waals surface area contributed by atoms with Crippen molar-refractivity contribution in [1.82, 2.24) is 14.3 Å².